The summed E-state index contributed by atoms with van der Waals surface area (Å²) in [7, 11) is 3.16. The molecule has 162 valence electrons. The summed E-state index contributed by atoms with van der Waals surface area (Å²) in [6.45, 7) is 0. The van der Waals surface area contributed by atoms with E-state index in [9.17, 15) is 4.79 Å². The first-order valence-corrected chi connectivity index (χ1v) is 10.0. The number of ether oxygens (including phenoxy) is 2. The first kappa shape index (κ1) is 21.2. The van der Waals surface area contributed by atoms with E-state index in [2.05, 4.69) is 25.9 Å². The standard InChI is InChI=1S/C23H20ClN5O3/c1-31-20-11-18-19(12-21(20)32-2)25-13-26-22(18)27-15-7-9-17(10-8-15)29-23(30)28-16-5-3-14(24)4-6-16/h3-13H,1-2H3,(H,25,26,27)(H2,28,29,30). The molecule has 0 fully saturated rings. The molecule has 0 saturated heterocycles. The lowest BCUT2D eigenvalue weighted by atomic mass is 10.2. The number of fused-ring (bicyclic) bond motifs is 1. The van der Waals surface area contributed by atoms with Gasteiger partial charge in [0.15, 0.2) is 11.5 Å². The average Bonchev–Trinajstić information content (AvgIpc) is 2.81. The fraction of sp³-hybridized carbons (Fsp3) is 0.0870. The molecule has 4 aromatic rings. The quantitative estimate of drug-likeness (QED) is 0.350. The molecule has 0 unspecified atom stereocenters. The van der Waals surface area contributed by atoms with Crippen molar-refractivity contribution in [1.82, 2.24) is 9.97 Å². The van der Waals surface area contributed by atoms with Crippen molar-refractivity contribution in [3.63, 3.8) is 0 Å². The molecule has 2 amide bonds. The van der Waals surface area contributed by atoms with Gasteiger partial charge in [0.2, 0.25) is 0 Å². The second-order valence-corrected chi connectivity index (χ2v) is 7.17. The predicted octanol–water partition coefficient (Wildman–Crippen LogP) is 5.69. The molecule has 0 aliphatic rings. The lowest BCUT2D eigenvalue weighted by molar-refractivity contribution is 0.262. The van der Waals surface area contributed by atoms with Crippen molar-refractivity contribution < 1.29 is 14.3 Å². The van der Waals surface area contributed by atoms with Gasteiger partial charge in [0, 0.05) is 33.5 Å². The lowest BCUT2D eigenvalue weighted by Crippen LogP contribution is -2.19. The van der Waals surface area contributed by atoms with E-state index in [0.717, 1.165) is 16.6 Å². The van der Waals surface area contributed by atoms with Crippen molar-refractivity contribution in [2.24, 2.45) is 0 Å². The van der Waals surface area contributed by atoms with Crippen LogP contribution in [-0.2, 0) is 0 Å². The topological polar surface area (TPSA) is 97.4 Å². The Morgan fingerprint density at radius 3 is 2.00 bits per heavy atom. The number of nitrogens with zero attached hydrogens (tertiary/aromatic N) is 2. The summed E-state index contributed by atoms with van der Waals surface area (Å²) >= 11 is 5.86. The summed E-state index contributed by atoms with van der Waals surface area (Å²) in [5.74, 6) is 1.80. The number of carbonyl (C=O) groups excluding carboxylic acids is 1. The van der Waals surface area contributed by atoms with Crippen LogP contribution in [0, 0.1) is 0 Å². The fourth-order valence-corrected chi connectivity index (χ4v) is 3.21. The van der Waals surface area contributed by atoms with Crippen LogP contribution in [0.1, 0.15) is 0 Å². The van der Waals surface area contributed by atoms with E-state index >= 15 is 0 Å². The van der Waals surface area contributed by atoms with Crippen molar-refractivity contribution >= 4 is 51.4 Å². The Hall–Kier alpha value is -4.04. The molecule has 32 heavy (non-hydrogen) atoms. The van der Waals surface area contributed by atoms with Gasteiger partial charge in [0.25, 0.3) is 0 Å². The molecule has 9 heteroatoms. The van der Waals surface area contributed by atoms with Crippen LogP contribution < -0.4 is 25.4 Å². The summed E-state index contributed by atoms with van der Waals surface area (Å²) in [4.78, 5) is 20.8. The van der Waals surface area contributed by atoms with Crippen LogP contribution in [0.25, 0.3) is 10.9 Å². The minimum absolute atomic E-state index is 0.351. The van der Waals surface area contributed by atoms with Gasteiger partial charge in [0.1, 0.15) is 12.1 Å². The van der Waals surface area contributed by atoms with E-state index in [1.54, 1.807) is 56.7 Å². The minimum atomic E-state index is -0.351. The number of anilines is 4. The van der Waals surface area contributed by atoms with Gasteiger partial charge in [-0.25, -0.2) is 14.8 Å². The highest BCUT2D eigenvalue weighted by Crippen LogP contribution is 2.34. The molecule has 0 saturated carbocycles. The van der Waals surface area contributed by atoms with Crippen LogP contribution in [0.5, 0.6) is 11.5 Å². The second-order valence-electron chi connectivity index (χ2n) is 6.73. The normalized spacial score (nSPS) is 10.5. The van der Waals surface area contributed by atoms with E-state index < -0.39 is 0 Å². The van der Waals surface area contributed by atoms with Gasteiger partial charge in [-0.3, -0.25) is 0 Å². The molecule has 0 aliphatic heterocycles. The fourth-order valence-electron chi connectivity index (χ4n) is 3.08. The maximum Gasteiger partial charge on any atom is 0.323 e. The summed E-state index contributed by atoms with van der Waals surface area (Å²) in [6.07, 6.45) is 1.48. The van der Waals surface area contributed by atoms with Gasteiger partial charge in [-0.1, -0.05) is 11.6 Å². The Morgan fingerprint density at radius 2 is 1.38 bits per heavy atom. The van der Waals surface area contributed by atoms with E-state index in [4.69, 9.17) is 21.1 Å². The molecule has 3 N–H and O–H groups in total. The van der Waals surface area contributed by atoms with Crippen molar-refractivity contribution in [3.8, 4) is 11.5 Å². The van der Waals surface area contributed by atoms with E-state index in [1.807, 2.05) is 18.2 Å². The maximum atomic E-state index is 12.2. The maximum absolute atomic E-state index is 12.2. The molecule has 0 radical (unpaired) electrons. The van der Waals surface area contributed by atoms with Crippen LogP contribution in [0.4, 0.5) is 27.7 Å². The molecule has 0 atom stereocenters. The van der Waals surface area contributed by atoms with E-state index in [1.165, 1.54) is 6.33 Å². The van der Waals surface area contributed by atoms with Crippen molar-refractivity contribution in [3.05, 3.63) is 72.0 Å². The number of amides is 2. The van der Waals surface area contributed by atoms with E-state index in [0.29, 0.717) is 33.7 Å². The largest absolute Gasteiger partial charge is 0.493 e. The Morgan fingerprint density at radius 1 is 0.812 bits per heavy atom. The summed E-state index contributed by atoms with van der Waals surface area (Å²) in [5, 5.41) is 10.2. The Bertz CT molecular complexity index is 1250. The smallest absolute Gasteiger partial charge is 0.323 e. The third kappa shape index (κ3) is 4.81. The van der Waals surface area contributed by atoms with Gasteiger partial charge in [-0.2, -0.15) is 0 Å². The molecule has 3 aromatic carbocycles. The highest BCUT2D eigenvalue weighted by Gasteiger charge is 2.11. The van der Waals surface area contributed by atoms with Gasteiger partial charge in [-0.05, 0) is 54.6 Å². The molecule has 0 aliphatic carbocycles. The predicted molar refractivity (Wildman–Crippen MR) is 126 cm³/mol. The Labute approximate surface area is 189 Å². The molecule has 0 spiro atoms. The van der Waals surface area contributed by atoms with Crippen LogP contribution in [-0.4, -0.2) is 30.2 Å². The second kappa shape index (κ2) is 9.40. The van der Waals surface area contributed by atoms with Gasteiger partial charge >= 0.3 is 6.03 Å². The number of nitrogens with one attached hydrogen (secondary N) is 3. The number of rotatable bonds is 6. The Balaban J connectivity index is 1.47. The summed E-state index contributed by atoms with van der Waals surface area (Å²) < 4.78 is 10.7. The van der Waals surface area contributed by atoms with Crippen molar-refractivity contribution in [2.45, 2.75) is 0 Å². The molecule has 8 nitrogen and oxygen atoms in total. The molecule has 4 rings (SSSR count). The van der Waals surface area contributed by atoms with Crippen LogP contribution in [0.3, 0.4) is 0 Å². The Kier molecular flexibility index (Phi) is 6.23. The van der Waals surface area contributed by atoms with Crippen molar-refractivity contribution in [2.75, 3.05) is 30.2 Å². The van der Waals surface area contributed by atoms with Crippen molar-refractivity contribution in [1.29, 1.82) is 0 Å². The van der Waals surface area contributed by atoms with Crippen LogP contribution in [0.2, 0.25) is 5.02 Å². The third-order valence-corrected chi connectivity index (χ3v) is 4.90. The van der Waals surface area contributed by atoms with Gasteiger partial charge in [-0.15, -0.1) is 0 Å². The first-order valence-electron chi connectivity index (χ1n) is 9.63. The van der Waals surface area contributed by atoms with Crippen LogP contribution >= 0.6 is 11.6 Å². The number of halogens is 1. The third-order valence-electron chi connectivity index (χ3n) is 4.65. The molecular weight excluding hydrogens is 430 g/mol. The summed E-state index contributed by atoms with van der Waals surface area (Å²) in [5.41, 5.74) is 2.80. The van der Waals surface area contributed by atoms with Gasteiger partial charge < -0.3 is 25.4 Å². The number of hydrogen-bond acceptors (Lipinski definition) is 6. The monoisotopic (exact) mass is 449 g/mol. The molecule has 1 aromatic heterocycles. The highest BCUT2D eigenvalue weighted by atomic mass is 35.5. The molecule has 1 heterocycles. The lowest BCUT2D eigenvalue weighted by Gasteiger charge is -2.12. The first-order chi connectivity index (χ1) is 15.6. The zero-order chi connectivity index (χ0) is 22.5. The number of aromatic nitrogens is 2. The average molecular weight is 450 g/mol. The van der Waals surface area contributed by atoms with Gasteiger partial charge in [0.05, 0.1) is 19.7 Å². The molecular formula is C23H20ClN5O3. The van der Waals surface area contributed by atoms with E-state index in [-0.39, 0.29) is 6.03 Å². The number of methoxy groups -OCH3 is 2. The highest BCUT2D eigenvalue weighted by molar-refractivity contribution is 6.30. The SMILES string of the molecule is COc1cc2ncnc(Nc3ccc(NC(=O)Nc4ccc(Cl)cc4)cc3)c2cc1OC. The van der Waals surface area contributed by atoms with Crippen LogP contribution in [0.15, 0.2) is 67.0 Å². The minimum Gasteiger partial charge on any atom is -0.493 e. The zero-order valence-corrected chi connectivity index (χ0v) is 18.1. The number of benzene rings is 3. The molecule has 0 bridgehead atoms. The number of hydrogen-bond donors (Lipinski definition) is 3. The number of urea groups is 1. The number of carbonyl (C=O) groups is 1. The zero-order valence-electron chi connectivity index (χ0n) is 17.3. The summed E-state index contributed by atoms with van der Waals surface area (Å²) in [6, 6.07) is 17.4.